The Morgan fingerprint density at radius 3 is 2.65 bits per heavy atom. The van der Waals surface area contributed by atoms with E-state index in [-0.39, 0.29) is 5.57 Å². The smallest absolute Gasteiger partial charge is 0.331 e. The van der Waals surface area contributed by atoms with Crippen LogP contribution in [0.5, 0.6) is 0 Å². The van der Waals surface area contributed by atoms with E-state index in [1.54, 1.807) is 23.9 Å². The first-order valence-corrected chi connectivity index (χ1v) is 6.95. The lowest BCUT2D eigenvalue weighted by atomic mass is 10.1. The fourth-order valence-corrected chi connectivity index (χ4v) is 2.19. The Morgan fingerprint density at radius 1 is 1.40 bits per heavy atom. The molecule has 0 radical (unpaired) electrons. The fourth-order valence-electron chi connectivity index (χ4n) is 1.77. The molecule has 0 amide bonds. The SMILES string of the molecule is C/C(=C\c1c(Br)cnn1Cc1ccc(C)cc1)C(=O)O. The molecule has 1 N–H and O–H groups in total. The van der Waals surface area contributed by atoms with Gasteiger partial charge in [-0.25, -0.2) is 4.79 Å². The van der Waals surface area contributed by atoms with E-state index in [4.69, 9.17) is 5.11 Å². The third-order valence-electron chi connectivity index (χ3n) is 2.98. The Balaban J connectivity index is 2.32. The summed E-state index contributed by atoms with van der Waals surface area (Å²) in [5.74, 6) is -0.931. The molecule has 0 bridgehead atoms. The number of rotatable bonds is 4. The van der Waals surface area contributed by atoms with Crippen LogP contribution in [-0.4, -0.2) is 20.9 Å². The van der Waals surface area contributed by atoms with Crippen molar-refractivity contribution in [2.24, 2.45) is 0 Å². The zero-order valence-electron chi connectivity index (χ0n) is 11.3. The van der Waals surface area contributed by atoms with Gasteiger partial charge < -0.3 is 5.11 Å². The van der Waals surface area contributed by atoms with Crippen LogP contribution in [0.15, 0.2) is 40.5 Å². The first-order valence-electron chi connectivity index (χ1n) is 6.16. The summed E-state index contributed by atoms with van der Waals surface area (Å²) in [6, 6.07) is 8.18. The van der Waals surface area contributed by atoms with Gasteiger partial charge in [0.05, 0.1) is 22.9 Å². The van der Waals surface area contributed by atoms with E-state index in [2.05, 4.69) is 21.0 Å². The van der Waals surface area contributed by atoms with E-state index in [1.165, 1.54) is 5.56 Å². The maximum absolute atomic E-state index is 10.9. The van der Waals surface area contributed by atoms with Crippen molar-refractivity contribution < 1.29 is 9.90 Å². The predicted octanol–water partition coefficient (Wildman–Crippen LogP) is 3.49. The molecule has 1 heterocycles. The highest BCUT2D eigenvalue weighted by Gasteiger charge is 2.09. The van der Waals surface area contributed by atoms with E-state index in [0.717, 1.165) is 15.7 Å². The third-order valence-corrected chi connectivity index (χ3v) is 3.59. The molecule has 5 heteroatoms. The van der Waals surface area contributed by atoms with E-state index >= 15 is 0 Å². The average molecular weight is 335 g/mol. The Labute approximate surface area is 125 Å². The van der Waals surface area contributed by atoms with Crippen LogP contribution >= 0.6 is 15.9 Å². The minimum Gasteiger partial charge on any atom is -0.478 e. The Hall–Kier alpha value is -1.88. The molecule has 2 aromatic rings. The van der Waals surface area contributed by atoms with Crippen molar-refractivity contribution in [2.45, 2.75) is 20.4 Å². The number of aryl methyl sites for hydroxylation is 1. The molecule has 0 aliphatic rings. The molecular formula is C15H15BrN2O2. The van der Waals surface area contributed by atoms with Crippen molar-refractivity contribution in [3.63, 3.8) is 0 Å². The van der Waals surface area contributed by atoms with Crippen molar-refractivity contribution in [1.82, 2.24) is 9.78 Å². The van der Waals surface area contributed by atoms with Gasteiger partial charge in [-0.3, -0.25) is 4.68 Å². The zero-order chi connectivity index (χ0) is 14.7. The predicted molar refractivity (Wildman–Crippen MR) is 81.5 cm³/mol. The van der Waals surface area contributed by atoms with Gasteiger partial charge in [0.1, 0.15) is 0 Å². The average Bonchev–Trinajstić information content (AvgIpc) is 2.74. The van der Waals surface area contributed by atoms with Crippen LogP contribution in [-0.2, 0) is 11.3 Å². The molecule has 1 aromatic carbocycles. The van der Waals surface area contributed by atoms with Gasteiger partial charge in [0.25, 0.3) is 0 Å². The quantitative estimate of drug-likeness (QED) is 0.870. The number of hydrogen-bond donors (Lipinski definition) is 1. The molecule has 0 fully saturated rings. The summed E-state index contributed by atoms with van der Waals surface area (Å²) >= 11 is 3.40. The summed E-state index contributed by atoms with van der Waals surface area (Å²) in [6.07, 6.45) is 3.29. The number of hydrogen-bond acceptors (Lipinski definition) is 2. The molecule has 4 nitrogen and oxygen atoms in total. The summed E-state index contributed by atoms with van der Waals surface area (Å²) < 4.78 is 2.56. The Bertz CT molecular complexity index is 657. The van der Waals surface area contributed by atoms with E-state index in [9.17, 15) is 4.79 Å². The van der Waals surface area contributed by atoms with Gasteiger partial charge >= 0.3 is 5.97 Å². The van der Waals surface area contributed by atoms with Crippen LogP contribution in [0, 0.1) is 6.92 Å². The van der Waals surface area contributed by atoms with E-state index in [0.29, 0.717) is 6.54 Å². The zero-order valence-corrected chi connectivity index (χ0v) is 12.9. The second-order valence-corrected chi connectivity index (χ2v) is 5.51. The summed E-state index contributed by atoms with van der Waals surface area (Å²) in [6.45, 7) is 4.21. The van der Waals surface area contributed by atoms with E-state index < -0.39 is 5.97 Å². The molecule has 0 saturated heterocycles. The Kier molecular flexibility index (Phi) is 4.39. The number of aromatic nitrogens is 2. The van der Waals surface area contributed by atoms with Gasteiger partial charge in [-0.1, -0.05) is 29.8 Å². The number of nitrogens with zero attached hydrogens (tertiary/aromatic N) is 2. The summed E-state index contributed by atoms with van der Waals surface area (Å²) in [5.41, 5.74) is 3.35. The number of aliphatic carboxylic acids is 1. The molecule has 0 atom stereocenters. The molecule has 0 saturated carbocycles. The van der Waals surface area contributed by atoms with Gasteiger partial charge in [0.15, 0.2) is 0 Å². The van der Waals surface area contributed by atoms with Gasteiger partial charge in [0, 0.05) is 5.57 Å². The van der Waals surface area contributed by atoms with Crippen LogP contribution in [0.2, 0.25) is 0 Å². The second-order valence-electron chi connectivity index (χ2n) is 4.65. The molecule has 2 rings (SSSR count). The number of benzene rings is 1. The molecule has 20 heavy (non-hydrogen) atoms. The van der Waals surface area contributed by atoms with Crippen molar-refractivity contribution in [1.29, 1.82) is 0 Å². The molecule has 104 valence electrons. The maximum atomic E-state index is 10.9. The van der Waals surface area contributed by atoms with Crippen molar-refractivity contribution in [3.05, 3.63) is 57.3 Å². The van der Waals surface area contributed by atoms with Crippen LogP contribution in [0.1, 0.15) is 23.7 Å². The lowest BCUT2D eigenvalue weighted by molar-refractivity contribution is -0.132. The fraction of sp³-hybridized carbons (Fsp3) is 0.200. The van der Waals surface area contributed by atoms with Crippen LogP contribution in [0.25, 0.3) is 6.08 Å². The normalized spacial score (nSPS) is 11.7. The summed E-state index contributed by atoms with van der Waals surface area (Å²) in [5, 5.41) is 13.2. The highest BCUT2D eigenvalue weighted by Crippen LogP contribution is 2.20. The minimum absolute atomic E-state index is 0.274. The van der Waals surface area contributed by atoms with Crippen LogP contribution in [0.4, 0.5) is 0 Å². The largest absolute Gasteiger partial charge is 0.478 e. The number of halogens is 1. The lowest BCUT2D eigenvalue weighted by Crippen LogP contribution is -2.05. The van der Waals surface area contributed by atoms with Gasteiger partial charge in [-0.15, -0.1) is 0 Å². The third kappa shape index (κ3) is 3.36. The topological polar surface area (TPSA) is 55.1 Å². The first kappa shape index (κ1) is 14.5. The molecule has 0 aliphatic carbocycles. The molecule has 1 aromatic heterocycles. The Morgan fingerprint density at radius 2 is 2.05 bits per heavy atom. The van der Waals surface area contributed by atoms with Gasteiger partial charge in [-0.2, -0.15) is 5.10 Å². The standard InChI is InChI=1S/C15H15BrN2O2/c1-10-3-5-12(6-4-10)9-18-14(13(16)8-17-18)7-11(2)15(19)20/h3-8H,9H2,1-2H3,(H,19,20)/b11-7+. The molecule has 0 spiro atoms. The number of carboxylic acids is 1. The number of carboxylic acid groups (broad SMARTS) is 1. The first-order chi connectivity index (χ1) is 9.47. The van der Waals surface area contributed by atoms with Crippen molar-refractivity contribution >= 4 is 28.0 Å². The van der Waals surface area contributed by atoms with Gasteiger partial charge in [0.2, 0.25) is 0 Å². The molecule has 0 unspecified atom stereocenters. The lowest BCUT2D eigenvalue weighted by Gasteiger charge is -2.06. The van der Waals surface area contributed by atoms with Gasteiger partial charge in [-0.05, 0) is 41.4 Å². The van der Waals surface area contributed by atoms with Crippen molar-refractivity contribution in [2.75, 3.05) is 0 Å². The monoisotopic (exact) mass is 334 g/mol. The van der Waals surface area contributed by atoms with E-state index in [1.807, 2.05) is 31.2 Å². The summed E-state index contributed by atoms with van der Waals surface area (Å²) in [7, 11) is 0. The second kappa shape index (κ2) is 6.05. The number of carbonyl (C=O) groups is 1. The highest BCUT2D eigenvalue weighted by atomic mass is 79.9. The highest BCUT2D eigenvalue weighted by molar-refractivity contribution is 9.10. The summed E-state index contributed by atoms with van der Waals surface area (Å²) in [4.78, 5) is 10.9. The van der Waals surface area contributed by atoms with Crippen molar-refractivity contribution in [3.8, 4) is 0 Å². The minimum atomic E-state index is -0.931. The molecular weight excluding hydrogens is 320 g/mol. The maximum Gasteiger partial charge on any atom is 0.331 e. The molecule has 0 aliphatic heterocycles. The van der Waals surface area contributed by atoms with Crippen LogP contribution in [0.3, 0.4) is 0 Å². The van der Waals surface area contributed by atoms with Crippen LogP contribution < -0.4 is 0 Å².